The first-order chi connectivity index (χ1) is 13.2. The van der Waals surface area contributed by atoms with Crippen LogP contribution in [0, 0.1) is 0 Å². The quantitative estimate of drug-likeness (QED) is 0.396. The molecule has 2 aliphatic carbocycles. The molecule has 0 aliphatic heterocycles. The Labute approximate surface area is 169 Å². The maximum absolute atomic E-state index is 13.3. The van der Waals surface area contributed by atoms with Crippen LogP contribution in [0.4, 0.5) is 13.2 Å². The first kappa shape index (κ1) is 23.4. The van der Waals surface area contributed by atoms with Gasteiger partial charge in [-0.1, -0.05) is 50.3 Å². The highest BCUT2D eigenvalue weighted by Gasteiger charge is 2.52. The number of hydrogen-bond donors (Lipinski definition) is 3. The Hall–Kier alpha value is -0.830. The number of nitrogens with zero attached hydrogens (tertiary/aromatic N) is 1. The molecule has 2 rings (SSSR count). The van der Waals surface area contributed by atoms with Crippen molar-refractivity contribution >= 4 is 31.0 Å². The number of alkyl halides is 3. The summed E-state index contributed by atoms with van der Waals surface area (Å²) in [5, 5.41) is 15.5. The molecular formula is C17H27F3N3O3PS. The molecule has 160 valence electrons. The molecule has 0 saturated heterocycles. The molecule has 2 saturated carbocycles. The van der Waals surface area contributed by atoms with Crippen LogP contribution in [-0.2, 0) is 21.4 Å². The number of nitrogens with one attached hydrogen (secondary N) is 2. The number of carboxylic acids is 1. The fourth-order valence-corrected chi connectivity index (χ4v) is 5.33. The molecule has 0 aromatic heterocycles. The summed E-state index contributed by atoms with van der Waals surface area (Å²) in [6.07, 6.45) is 3.62. The van der Waals surface area contributed by atoms with Gasteiger partial charge in [0.1, 0.15) is 6.54 Å². The van der Waals surface area contributed by atoms with Crippen molar-refractivity contribution in [3.8, 4) is 0 Å². The molecule has 0 bridgehead atoms. The first-order valence-corrected chi connectivity index (χ1v) is 11.6. The predicted molar refractivity (Wildman–Crippen MR) is 102 cm³/mol. The van der Waals surface area contributed by atoms with Crippen molar-refractivity contribution in [1.82, 2.24) is 15.5 Å². The van der Waals surface area contributed by atoms with E-state index in [1.54, 1.807) is 0 Å². The van der Waals surface area contributed by atoms with Gasteiger partial charge in [0.15, 0.2) is 0 Å². The van der Waals surface area contributed by atoms with Crippen LogP contribution in [0.3, 0.4) is 0 Å². The molecule has 1 amide bonds. The van der Waals surface area contributed by atoms with Crippen LogP contribution in [0.5, 0.6) is 0 Å². The SMILES string of the molecule is O=C(O)CN(C(=O)C(F)(F)F)C(NC1CCCCC1)(NC1CCCCC1)P=S. The maximum Gasteiger partial charge on any atom is 0.471 e. The van der Waals surface area contributed by atoms with E-state index in [1.807, 2.05) is 0 Å². The number of halogens is 3. The van der Waals surface area contributed by atoms with Crippen LogP contribution in [0.2, 0.25) is 0 Å². The lowest BCUT2D eigenvalue weighted by molar-refractivity contribution is -0.192. The second-order valence-corrected chi connectivity index (χ2v) is 8.88. The van der Waals surface area contributed by atoms with E-state index < -0.39 is 30.1 Å². The number of carbonyl (C=O) groups is 2. The Kier molecular flexibility index (Phi) is 8.60. The second kappa shape index (κ2) is 10.3. The summed E-state index contributed by atoms with van der Waals surface area (Å²) < 4.78 is 39.9. The van der Waals surface area contributed by atoms with E-state index in [4.69, 9.17) is 11.8 Å². The zero-order valence-electron chi connectivity index (χ0n) is 15.6. The summed E-state index contributed by atoms with van der Waals surface area (Å²) in [7, 11) is 0.0123. The Morgan fingerprint density at radius 1 is 0.964 bits per heavy atom. The summed E-state index contributed by atoms with van der Waals surface area (Å²) >= 11 is 5.19. The molecule has 6 nitrogen and oxygen atoms in total. The number of hydrogen-bond acceptors (Lipinski definition) is 5. The molecule has 28 heavy (non-hydrogen) atoms. The van der Waals surface area contributed by atoms with Gasteiger partial charge in [-0.05, 0) is 25.7 Å². The average Bonchev–Trinajstić information content (AvgIpc) is 2.66. The van der Waals surface area contributed by atoms with Crippen LogP contribution < -0.4 is 10.6 Å². The van der Waals surface area contributed by atoms with Crippen LogP contribution in [-0.4, -0.2) is 52.2 Å². The summed E-state index contributed by atoms with van der Waals surface area (Å²) in [6.45, 7) is -1.08. The molecule has 2 fully saturated rings. The predicted octanol–water partition coefficient (Wildman–Crippen LogP) is 3.33. The fraction of sp³-hybridized carbons (Fsp3) is 0.882. The lowest BCUT2D eigenvalue weighted by atomic mass is 9.94. The van der Waals surface area contributed by atoms with E-state index in [2.05, 4.69) is 10.6 Å². The number of carboxylic acid groups (broad SMARTS) is 1. The fourth-order valence-electron chi connectivity index (χ4n) is 3.98. The lowest BCUT2D eigenvalue weighted by Crippen LogP contribution is -2.71. The number of rotatable bonds is 8. The highest BCUT2D eigenvalue weighted by molar-refractivity contribution is 7.97. The molecule has 3 N–H and O–H groups in total. The van der Waals surface area contributed by atoms with Crippen LogP contribution in [0.1, 0.15) is 64.2 Å². The topological polar surface area (TPSA) is 81.7 Å². The largest absolute Gasteiger partial charge is 0.480 e. The Bertz CT molecular complexity index is 548. The second-order valence-electron chi connectivity index (χ2n) is 7.50. The van der Waals surface area contributed by atoms with Crippen molar-refractivity contribution in [3.05, 3.63) is 0 Å². The highest BCUT2D eigenvalue weighted by Crippen LogP contribution is 2.33. The number of amides is 1. The maximum atomic E-state index is 13.3. The minimum atomic E-state index is -5.19. The first-order valence-electron chi connectivity index (χ1n) is 9.68. The minimum Gasteiger partial charge on any atom is -0.480 e. The number of carbonyl (C=O) groups excluding carboxylic acids is 1. The van der Waals surface area contributed by atoms with E-state index in [0.717, 1.165) is 64.2 Å². The van der Waals surface area contributed by atoms with E-state index in [9.17, 15) is 27.9 Å². The van der Waals surface area contributed by atoms with Gasteiger partial charge in [0.25, 0.3) is 0 Å². The summed E-state index contributed by atoms with van der Waals surface area (Å²) in [6, 6.07) is -0.254. The third-order valence-electron chi connectivity index (χ3n) is 5.32. The van der Waals surface area contributed by atoms with E-state index in [1.165, 1.54) is 0 Å². The van der Waals surface area contributed by atoms with Crippen molar-refractivity contribution in [2.45, 2.75) is 88.0 Å². The standard InChI is InChI=1S/C17H27F3N3O3PS/c18-16(19,20)15(26)23(11-14(24)25)17(27-28,21-12-7-3-1-4-8-12)22-13-9-5-2-6-10-13/h12-13,21-22H,1-11H2,(H,24,25). The molecule has 0 heterocycles. The van der Waals surface area contributed by atoms with Crippen molar-refractivity contribution in [3.63, 3.8) is 0 Å². The Balaban J connectivity index is 2.38. The molecule has 11 heteroatoms. The summed E-state index contributed by atoms with van der Waals surface area (Å²) in [5.41, 5.74) is -1.75. The van der Waals surface area contributed by atoms with E-state index in [-0.39, 0.29) is 19.4 Å². The average molecular weight is 441 g/mol. The molecule has 0 radical (unpaired) electrons. The van der Waals surface area contributed by atoms with Crippen molar-refractivity contribution in [1.29, 1.82) is 0 Å². The number of aliphatic carboxylic acids is 1. The highest BCUT2D eigenvalue weighted by atomic mass is 32.4. The molecule has 0 atom stereocenters. The molecule has 2 aliphatic rings. The van der Waals surface area contributed by atoms with Gasteiger partial charge >= 0.3 is 18.1 Å². The van der Waals surface area contributed by atoms with Crippen LogP contribution in [0.15, 0.2) is 0 Å². The van der Waals surface area contributed by atoms with Gasteiger partial charge in [-0.3, -0.25) is 25.1 Å². The van der Waals surface area contributed by atoms with Gasteiger partial charge < -0.3 is 5.11 Å². The van der Waals surface area contributed by atoms with Gasteiger partial charge in [-0.25, -0.2) is 0 Å². The van der Waals surface area contributed by atoms with Crippen LogP contribution >= 0.6 is 7.36 Å². The lowest BCUT2D eigenvalue weighted by Gasteiger charge is -2.46. The van der Waals surface area contributed by atoms with Gasteiger partial charge in [-0.2, -0.15) is 13.2 Å². The zero-order valence-corrected chi connectivity index (χ0v) is 17.3. The van der Waals surface area contributed by atoms with Crippen LogP contribution in [0.25, 0.3) is 0 Å². The minimum absolute atomic E-state index is 0.0123. The molecule has 0 aromatic rings. The smallest absolute Gasteiger partial charge is 0.471 e. The van der Waals surface area contributed by atoms with Gasteiger partial charge in [0.2, 0.25) is 5.53 Å². The molecule has 0 spiro atoms. The summed E-state index contributed by atoms with van der Waals surface area (Å²) in [5.74, 6) is -3.71. The van der Waals surface area contributed by atoms with Gasteiger partial charge in [0, 0.05) is 19.4 Å². The van der Waals surface area contributed by atoms with E-state index >= 15 is 0 Å². The Morgan fingerprint density at radius 2 is 1.39 bits per heavy atom. The van der Waals surface area contributed by atoms with Gasteiger partial charge in [-0.15, -0.1) is 0 Å². The normalized spacial score (nSPS) is 20.2. The molecular weight excluding hydrogens is 414 g/mol. The monoisotopic (exact) mass is 441 g/mol. The van der Waals surface area contributed by atoms with E-state index in [0.29, 0.717) is 4.90 Å². The van der Waals surface area contributed by atoms with Crippen molar-refractivity contribution in [2.24, 2.45) is 0 Å². The van der Waals surface area contributed by atoms with Crippen molar-refractivity contribution < 1.29 is 27.9 Å². The van der Waals surface area contributed by atoms with Gasteiger partial charge in [0.05, 0.1) is 0 Å². The van der Waals surface area contributed by atoms with Crippen molar-refractivity contribution in [2.75, 3.05) is 6.54 Å². The third-order valence-corrected chi connectivity index (χ3v) is 6.88. The summed E-state index contributed by atoms with van der Waals surface area (Å²) in [4.78, 5) is 23.9. The molecule has 0 aromatic carbocycles. The molecule has 0 unspecified atom stereocenters. The third kappa shape index (κ3) is 6.34. The zero-order chi connectivity index (χ0) is 20.8. The Morgan fingerprint density at radius 3 is 1.71 bits per heavy atom.